The molecule has 2 aromatic rings. The van der Waals surface area contributed by atoms with E-state index in [1.54, 1.807) is 4.90 Å². The molecule has 1 aliphatic rings. The lowest BCUT2D eigenvalue weighted by molar-refractivity contribution is 0.0767. The summed E-state index contributed by atoms with van der Waals surface area (Å²) in [7, 11) is 0. The largest absolute Gasteiger partial charge is 0.391 e. The maximum Gasteiger partial charge on any atom is 0.254 e. The first-order chi connectivity index (χ1) is 8.75. The Labute approximate surface area is 106 Å². The summed E-state index contributed by atoms with van der Waals surface area (Å²) >= 11 is 0. The van der Waals surface area contributed by atoms with Crippen molar-refractivity contribution < 1.29 is 9.90 Å². The highest BCUT2D eigenvalue weighted by molar-refractivity contribution is 6.07. The molecule has 0 spiro atoms. The molecule has 1 aliphatic heterocycles. The zero-order chi connectivity index (χ0) is 12.5. The average Bonchev–Trinajstić information content (AvgIpc) is 2.84. The van der Waals surface area contributed by atoms with Gasteiger partial charge in [-0.25, -0.2) is 0 Å². The van der Waals surface area contributed by atoms with Crippen LogP contribution in [0.5, 0.6) is 0 Å². The number of hydrogen-bond donors (Lipinski definition) is 1. The molecular weight excluding hydrogens is 226 g/mol. The third-order valence-corrected chi connectivity index (χ3v) is 3.47. The highest BCUT2D eigenvalue weighted by Crippen LogP contribution is 2.21. The Bertz CT molecular complexity index is 589. The summed E-state index contributed by atoms with van der Waals surface area (Å²) in [6.45, 7) is 1.09. The number of hydrogen-bond acceptors (Lipinski definition) is 2. The van der Waals surface area contributed by atoms with Gasteiger partial charge in [0.2, 0.25) is 0 Å². The molecule has 1 amide bonds. The van der Waals surface area contributed by atoms with E-state index in [1.165, 1.54) is 0 Å². The van der Waals surface area contributed by atoms with Crippen LogP contribution in [0.4, 0.5) is 0 Å². The van der Waals surface area contributed by atoms with Gasteiger partial charge in [0.15, 0.2) is 0 Å². The van der Waals surface area contributed by atoms with Gasteiger partial charge >= 0.3 is 0 Å². The summed E-state index contributed by atoms with van der Waals surface area (Å²) in [6.07, 6.45) is 0.306. The van der Waals surface area contributed by atoms with Crippen LogP contribution in [0.1, 0.15) is 16.8 Å². The van der Waals surface area contributed by atoms with Crippen molar-refractivity contribution >= 4 is 16.7 Å². The number of β-amino-alcohol motifs (C(OH)–C–C–N with tert-alkyl or cyclic N) is 1. The second-order valence-electron chi connectivity index (χ2n) is 4.72. The monoisotopic (exact) mass is 241 g/mol. The number of benzene rings is 2. The molecule has 1 fully saturated rings. The number of likely N-dealkylation sites (tertiary alicyclic amines) is 1. The average molecular weight is 241 g/mol. The molecule has 3 nitrogen and oxygen atoms in total. The first kappa shape index (κ1) is 11.2. The van der Waals surface area contributed by atoms with Gasteiger partial charge in [-0.05, 0) is 23.3 Å². The van der Waals surface area contributed by atoms with E-state index in [0.29, 0.717) is 19.5 Å². The van der Waals surface area contributed by atoms with Gasteiger partial charge in [0.25, 0.3) is 5.91 Å². The Morgan fingerprint density at radius 2 is 1.94 bits per heavy atom. The molecule has 1 N–H and O–H groups in total. The highest BCUT2D eigenvalue weighted by atomic mass is 16.3. The molecule has 3 rings (SSSR count). The quantitative estimate of drug-likeness (QED) is 0.830. The molecule has 1 heterocycles. The van der Waals surface area contributed by atoms with Crippen LogP contribution in [0.25, 0.3) is 10.8 Å². The molecule has 0 aromatic heterocycles. The highest BCUT2D eigenvalue weighted by Gasteiger charge is 2.26. The number of nitrogens with zero attached hydrogens (tertiary/aromatic N) is 1. The number of rotatable bonds is 1. The molecule has 0 aliphatic carbocycles. The number of fused-ring (bicyclic) bond motifs is 1. The summed E-state index contributed by atoms with van der Waals surface area (Å²) in [5.41, 5.74) is 0.724. The first-order valence-electron chi connectivity index (χ1n) is 6.21. The van der Waals surface area contributed by atoms with Crippen LogP contribution in [-0.4, -0.2) is 35.1 Å². The standard InChI is InChI=1S/C15H15NO2/c17-12-8-9-16(10-12)15(18)14-7-3-5-11-4-1-2-6-13(11)14/h1-7,12,17H,8-10H2. The van der Waals surface area contributed by atoms with Crippen molar-refractivity contribution in [1.29, 1.82) is 0 Å². The third-order valence-electron chi connectivity index (χ3n) is 3.47. The number of amides is 1. The molecule has 3 heteroatoms. The SMILES string of the molecule is O=C(c1cccc2ccccc12)N1CCC(O)C1. The van der Waals surface area contributed by atoms with Gasteiger partial charge in [-0.2, -0.15) is 0 Å². The van der Waals surface area contributed by atoms with E-state index in [1.807, 2.05) is 42.5 Å². The van der Waals surface area contributed by atoms with Crippen LogP contribution < -0.4 is 0 Å². The Hall–Kier alpha value is -1.87. The molecule has 92 valence electrons. The van der Waals surface area contributed by atoms with E-state index in [9.17, 15) is 9.90 Å². The molecule has 0 radical (unpaired) electrons. The second kappa shape index (κ2) is 4.42. The molecule has 1 unspecified atom stereocenters. The fourth-order valence-corrected chi connectivity index (χ4v) is 2.51. The summed E-state index contributed by atoms with van der Waals surface area (Å²) in [5, 5.41) is 11.6. The van der Waals surface area contributed by atoms with Gasteiger partial charge in [-0.15, -0.1) is 0 Å². The van der Waals surface area contributed by atoms with E-state index in [2.05, 4.69) is 0 Å². The van der Waals surface area contributed by atoms with E-state index in [0.717, 1.165) is 16.3 Å². The summed E-state index contributed by atoms with van der Waals surface area (Å²) in [5.74, 6) is 0.0170. The first-order valence-corrected chi connectivity index (χ1v) is 6.21. The van der Waals surface area contributed by atoms with Crippen molar-refractivity contribution in [3.63, 3.8) is 0 Å². The van der Waals surface area contributed by atoms with Crippen LogP contribution in [0.3, 0.4) is 0 Å². The molecule has 2 aromatic carbocycles. The maximum atomic E-state index is 12.4. The van der Waals surface area contributed by atoms with Crippen molar-refractivity contribution in [2.45, 2.75) is 12.5 Å². The normalized spacial score (nSPS) is 19.4. The Kier molecular flexibility index (Phi) is 2.76. The van der Waals surface area contributed by atoms with Gasteiger partial charge in [0.05, 0.1) is 6.10 Å². The third kappa shape index (κ3) is 1.87. The van der Waals surface area contributed by atoms with E-state index in [-0.39, 0.29) is 12.0 Å². The molecule has 1 saturated heterocycles. The van der Waals surface area contributed by atoms with Gasteiger partial charge < -0.3 is 10.0 Å². The smallest absolute Gasteiger partial charge is 0.254 e. The van der Waals surface area contributed by atoms with Crippen LogP contribution in [0.2, 0.25) is 0 Å². The summed E-state index contributed by atoms with van der Waals surface area (Å²) < 4.78 is 0. The maximum absolute atomic E-state index is 12.4. The molecule has 0 bridgehead atoms. The number of aliphatic hydroxyl groups is 1. The lowest BCUT2D eigenvalue weighted by Crippen LogP contribution is -2.29. The predicted molar refractivity (Wildman–Crippen MR) is 70.5 cm³/mol. The van der Waals surface area contributed by atoms with Crippen LogP contribution >= 0.6 is 0 Å². The van der Waals surface area contributed by atoms with E-state index in [4.69, 9.17) is 0 Å². The minimum absolute atomic E-state index is 0.0170. The summed E-state index contributed by atoms with van der Waals surface area (Å²) in [6, 6.07) is 13.6. The lowest BCUT2D eigenvalue weighted by Gasteiger charge is -2.16. The number of carbonyl (C=O) groups is 1. The predicted octanol–water partition coefficient (Wildman–Crippen LogP) is 2.05. The lowest BCUT2D eigenvalue weighted by atomic mass is 10.0. The van der Waals surface area contributed by atoms with Crippen molar-refractivity contribution in [3.05, 3.63) is 48.0 Å². The molecular formula is C15H15NO2. The topological polar surface area (TPSA) is 40.5 Å². The zero-order valence-electron chi connectivity index (χ0n) is 10.0. The fourth-order valence-electron chi connectivity index (χ4n) is 2.51. The second-order valence-corrected chi connectivity index (χ2v) is 4.72. The van der Waals surface area contributed by atoms with Gasteiger partial charge in [0.1, 0.15) is 0 Å². The zero-order valence-corrected chi connectivity index (χ0v) is 10.0. The minimum Gasteiger partial charge on any atom is -0.391 e. The van der Waals surface area contributed by atoms with Crippen molar-refractivity contribution in [1.82, 2.24) is 4.90 Å². The van der Waals surface area contributed by atoms with Crippen molar-refractivity contribution in [2.24, 2.45) is 0 Å². The van der Waals surface area contributed by atoms with E-state index >= 15 is 0 Å². The minimum atomic E-state index is -0.371. The number of carbonyl (C=O) groups excluding carboxylic acids is 1. The molecule has 1 atom stereocenters. The number of aliphatic hydroxyl groups excluding tert-OH is 1. The van der Waals surface area contributed by atoms with Gasteiger partial charge in [0, 0.05) is 18.7 Å². The molecule has 0 saturated carbocycles. The summed E-state index contributed by atoms with van der Waals surface area (Å²) in [4.78, 5) is 14.1. The van der Waals surface area contributed by atoms with Gasteiger partial charge in [-0.1, -0.05) is 36.4 Å². The Morgan fingerprint density at radius 3 is 2.72 bits per heavy atom. The van der Waals surface area contributed by atoms with Crippen LogP contribution in [0, 0.1) is 0 Å². The van der Waals surface area contributed by atoms with Crippen LogP contribution in [0.15, 0.2) is 42.5 Å². The van der Waals surface area contributed by atoms with E-state index < -0.39 is 0 Å². The van der Waals surface area contributed by atoms with Crippen molar-refractivity contribution in [3.8, 4) is 0 Å². The van der Waals surface area contributed by atoms with Gasteiger partial charge in [-0.3, -0.25) is 4.79 Å². The fraction of sp³-hybridized carbons (Fsp3) is 0.267. The Balaban J connectivity index is 2.01. The van der Waals surface area contributed by atoms with Crippen molar-refractivity contribution in [2.75, 3.05) is 13.1 Å². The Morgan fingerprint density at radius 1 is 1.17 bits per heavy atom. The molecule has 18 heavy (non-hydrogen) atoms. The van der Waals surface area contributed by atoms with Crippen LogP contribution in [-0.2, 0) is 0 Å².